The molecule has 0 radical (unpaired) electrons. The van der Waals surface area contributed by atoms with Crippen LogP contribution >= 0.6 is 11.6 Å². The molecule has 1 heterocycles. The first-order valence-corrected chi connectivity index (χ1v) is 4.93. The van der Waals surface area contributed by atoms with Crippen molar-refractivity contribution in [3.63, 3.8) is 0 Å². The largest absolute Gasteiger partial charge is 0.387 e. The average molecular weight is 203 g/mol. The van der Waals surface area contributed by atoms with Gasteiger partial charge in [-0.3, -0.25) is 4.68 Å². The van der Waals surface area contributed by atoms with Crippen molar-refractivity contribution in [1.82, 2.24) is 9.78 Å². The third-order valence-electron chi connectivity index (χ3n) is 2.22. The van der Waals surface area contributed by atoms with Gasteiger partial charge in [0.1, 0.15) is 0 Å². The molecule has 1 N–H and O–H groups in total. The van der Waals surface area contributed by atoms with Gasteiger partial charge in [-0.25, -0.2) is 0 Å². The van der Waals surface area contributed by atoms with Gasteiger partial charge in [0.05, 0.1) is 17.7 Å². The van der Waals surface area contributed by atoms with Crippen LogP contribution in [0.15, 0.2) is 0 Å². The molecule has 13 heavy (non-hydrogen) atoms. The molecule has 3 nitrogen and oxygen atoms in total. The van der Waals surface area contributed by atoms with Gasteiger partial charge in [-0.05, 0) is 20.8 Å². The number of aromatic nitrogens is 2. The predicted octanol–water partition coefficient (Wildman–Crippen LogP) is 1.79. The summed E-state index contributed by atoms with van der Waals surface area (Å²) in [5, 5.41) is 13.9. The summed E-state index contributed by atoms with van der Waals surface area (Å²) in [6.07, 6.45) is -0.595. The van der Waals surface area contributed by atoms with Crippen LogP contribution in [0.3, 0.4) is 0 Å². The average Bonchev–Trinajstić information content (AvgIpc) is 2.40. The first kappa shape index (κ1) is 10.5. The van der Waals surface area contributed by atoms with Crippen molar-refractivity contribution < 1.29 is 5.11 Å². The Morgan fingerprint density at radius 3 is 2.54 bits per heavy atom. The molecule has 1 rings (SSSR count). The second-order valence-electron chi connectivity index (χ2n) is 3.07. The van der Waals surface area contributed by atoms with Crippen LogP contribution in [0.1, 0.15) is 30.0 Å². The van der Waals surface area contributed by atoms with Gasteiger partial charge in [0.25, 0.3) is 0 Å². The summed E-state index contributed by atoms with van der Waals surface area (Å²) in [5.41, 5.74) is 2.75. The number of aryl methyl sites for hydroxylation is 2. The lowest BCUT2D eigenvalue weighted by Crippen LogP contribution is -2.03. The van der Waals surface area contributed by atoms with Gasteiger partial charge < -0.3 is 5.11 Å². The maximum atomic E-state index is 9.61. The fraction of sp³-hybridized carbons (Fsp3) is 0.667. The SMILES string of the molecule is CCn1nc(C)c([C@H](O)CCl)c1C. The van der Waals surface area contributed by atoms with E-state index in [1.807, 2.05) is 25.5 Å². The van der Waals surface area contributed by atoms with E-state index < -0.39 is 6.10 Å². The molecule has 0 bridgehead atoms. The molecule has 0 saturated heterocycles. The Morgan fingerprint density at radius 1 is 1.54 bits per heavy atom. The molecule has 0 aliphatic heterocycles. The van der Waals surface area contributed by atoms with E-state index >= 15 is 0 Å². The highest BCUT2D eigenvalue weighted by molar-refractivity contribution is 6.18. The van der Waals surface area contributed by atoms with E-state index in [0.29, 0.717) is 0 Å². The highest BCUT2D eigenvalue weighted by Crippen LogP contribution is 2.22. The molecule has 4 heteroatoms. The van der Waals surface area contributed by atoms with E-state index in [4.69, 9.17) is 11.6 Å². The van der Waals surface area contributed by atoms with E-state index in [0.717, 1.165) is 23.5 Å². The van der Waals surface area contributed by atoms with Crippen molar-refractivity contribution in [3.8, 4) is 0 Å². The van der Waals surface area contributed by atoms with Gasteiger partial charge in [0.2, 0.25) is 0 Å². The summed E-state index contributed by atoms with van der Waals surface area (Å²) in [6.45, 7) is 6.69. The summed E-state index contributed by atoms with van der Waals surface area (Å²) in [4.78, 5) is 0. The molecule has 0 saturated carbocycles. The van der Waals surface area contributed by atoms with Gasteiger partial charge in [-0.1, -0.05) is 0 Å². The van der Waals surface area contributed by atoms with Crippen LogP contribution in [-0.4, -0.2) is 20.8 Å². The molecule has 0 unspecified atom stereocenters. The van der Waals surface area contributed by atoms with Crippen LogP contribution in [0.2, 0.25) is 0 Å². The van der Waals surface area contributed by atoms with Crippen molar-refractivity contribution >= 4 is 11.6 Å². The van der Waals surface area contributed by atoms with E-state index in [1.54, 1.807) is 0 Å². The Bertz CT molecular complexity index is 296. The third kappa shape index (κ3) is 1.86. The number of aliphatic hydroxyl groups excluding tert-OH is 1. The van der Waals surface area contributed by atoms with Gasteiger partial charge in [-0.15, -0.1) is 11.6 Å². The van der Waals surface area contributed by atoms with Crippen molar-refractivity contribution in [2.45, 2.75) is 33.4 Å². The second-order valence-corrected chi connectivity index (χ2v) is 3.38. The molecule has 0 aliphatic rings. The summed E-state index contributed by atoms with van der Waals surface area (Å²) in [6, 6.07) is 0. The predicted molar refractivity (Wildman–Crippen MR) is 53.1 cm³/mol. The molecule has 0 amide bonds. The van der Waals surface area contributed by atoms with Gasteiger partial charge in [0.15, 0.2) is 0 Å². The highest BCUT2D eigenvalue weighted by atomic mass is 35.5. The van der Waals surface area contributed by atoms with Crippen molar-refractivity contribution in [2.24, 2.45) is 0 Å². The Hall–Kier alpha value is -0.540. The van der Waals surface area contributed by atoms with Crippen molar-refractivity contribution in [1.29, 1.82) is 0 Å². The Kier molecular flexibility index (Phi) is 3.33. The summed E-state index contributed by atoms with van der Waals surface area (Å²) in [5.74, 6) is 0.219. The van der Waals surface area contributed by atoms with E-state index in [9.17, 15) is 5.11 Å². The standard InChI is InChI=1S/C9H15ClN2O/c1-4-12-7(3)9(6(2)11-12)8(13)5-10/h8,13H,4-5H2,1-3H3/t8-/m1/s1. The zero-order chi connectivity index (χ0) is 10.0. The summed E-state index contributed by atoms with van der Waals surface area (Å²) in [7, 11) is 0. The molecule has 1 aromatic rings. The van der Waals surface area contributed by atoms with Crippen LogP contribution in [-0.2, 0) is 6.54 Å². The quantitative estimate of drug-likeness (QED) is 0.759. The van der Waals surface area contributed by atoms with E-state index in [-0.39, 0.29) is 5.88 Å². The number of hydrogen-bond acceptors (Lipinski definition) is 2. The number of alkyl halides is 1. The van der Waals surface area contributed by atoms with Crippen LogP contribution in [0.5, 0.6) is 0 Å². The zero-order valence-corrected chi connectivity index (χ0v) is 8.97. The minimum Gasteiger partial charge on any atom is -0.387 e. The summed E-state index contributed by atoms with van der Waals surface area (Å²) >= 11 is 5.60. The molecule has 74 valence electrons. The number of aliphatic hydroxyl groups is 1. The lowest BCUT2D eigenvalue weighted by Gasteiger charge is -2.07. The topological polar surface area (TPSA) is 38.0 Å². The fourth-order valence-electron chi connectivity index (χ4n) is 1.58. The fourth-order valence-corrected chi connectivity index (χ4v) is 1.73. The number of halogens is 1. The Balaban J connectivity index is 3.12. The Labute approximate surface area is 83.3 Å². The zero-order valence-electron chi connectivity index (χ0n) is 8.21. The third-order valence-corrected chi connectivity index (χ3v) is 2.51. The van der Waals surface area contributed by atoms with Crippen LogP contribution in [0, 0.1) is 13.8 Å². The number of hydrogen-bond donors (Lipinski definition) is 1. The normalized spacial score (nSPS) is 13.3. The minimum atomic E-state index is -0.595. The lowest BCUT2D eigenvalue weighted by molar-refractivity contribution is 0.201. The lowest BCUT2D eigenvalue weighted by atomic mass is 10.1. The highest BCUT2D eigenvalue weighted by Gasteiger charge is 2.17. The molecular weight excluding hydrogens is 188 g/mol. The molecule has 1 aromatic heterocycles. The second kappa shape index (κ2) is 4.11. The monoisotopic (exact) mass is 202 g/mol. The van der Waals surface area contributed by atoms with Crippen molar-refractivity contribution in [2.75, 3.05) is 5.88 Å². The smallest absolute Gasteiger partial charge is 0.0960 e. The van der Waals surface area contributed by atoms with E-state index in [1.165, 1.54) is 0 Å². The van der Waals surface area contributed by atoms with Crippen molar-refractivity contribution in [3.05, 3.63) is 17.0 Å². The molecule has 1 atom stereocenters. The molecule has 0 aliphatic carbocycles. The van der Waals surface area contributed by atoms with E-state index in [2.05, 4.69) is 5.10 Å². The molecule has 0 fully saturated rings. The van der Waals surface area contributed by atoms with Gasteiger partial charge in [-0.2, -0.15) is 5.10 Å². The Morgan fingerprint density at radius 2 is 2.15 bits per heavy atom. The summed E-state index contributed by atoms with van der Waals surface area (Å²) < 4.78 is 1.88. The minimum absolute atomic E-state index is 0.219. The maximum Gasteiger partial charge on any atom is 0.0960 e. The number of nitrogens with zero attached hydrogens (tertiary/aromatic N) is 2. The maximum absolute atomic E-state index is 9.61. The first-order chi connectivity index (χ1) is 6.11. The molecule has 0 aromatic carbocycles. The number of rotatable bonds is 3. The van der Waals surface area contributed by atoms with Crippen LogP contribution in [0.4, 0.5) is 0 Å². The van der Waals surface area contributed by atoms with Gasteiger partial charge in [0, 0.05) is 17.8 Å². The van der Waals surface area contributed by atoms with Gasteiger partial charge >= 0.3 is 0 Å². The van der Waals surface area contributed by atoms with Crippen LogP contribution in [0.25, 0.3) is 0 Å². The van der Waals surface area contributed by atoms with Crippen LogP contribution < -0.4 is 0 Å². The first-order valence-electron chi connectivity index (χ1n) is 4.39. The molecule has 0 spiro atoms. The molecular formula is C9H15ClN2O.